The van der Waals surface area contributed by atoms with Crippen molar-refractivity contribution in [2.24, 2.45) is 5.10 Å². The summed E-state index contributed by atoms with van der Waals surface area (Å²) in [4.78, 5) is 0. The molecule has 112 valence electrons. The molecule has 21 heavy (non-hydrogen) atoms. The van der Waals surface area contributed by atoms with E-state index in [1.54, 1.807) is 18.0 Å². The first-order chi connectivity index (χ1) is 10.2. The van der Waals surface area contributed by atoms with Crippen molar-refractivity contribution < 1.29 is 9.47 Å². The first-order valence-electron chi connectivity index (χ1n) is 6.71. The summed E-state index contributed by atoms with van der Waals surface area (Å²) in [6.07, 6.45) is 2.46. The third-order valence-electron chi connectivity index (χ3n) is 2.84. The van der Waals surface area contributed by atoms with Crippen molar-refractivity contribution >= 4 is 18.4 Å². The molecule has 0 atom stereocenters. The Kier molecular flexibility index (Phi) is 5.10. The minimum atomic E-state index is 0.473. The van der Waals surface area contributed by atoms with E-state index >= 15 is 0 Å². The summed E-state index contributed by atoms with van der Waals surface area (Å²) >= 11 is 5.14. The van der Waals surface area contributed by atoms with Crippen LogP contribution in [0.3, 0.4) is 0 Å². The lowest BCUT2D eigenvalue weighted by atomic mass is 10.2. The number of methoxy groups -OCH3 is 1. The maximum absolute atomic E-state index is 5.48. The molecule has 0 unspecified atom stereocenters. The van der Waals surface area contributed by atoms with Crippen LogP contribution in [0.2, 0.25) is 0 Å². The predicted octanol–water partition coefficient (Wildman–Crippen LogP) is 2.79. The maximum Gasteiger partial charge on any atom is 0.216 e. The summed E-state index contributed by atoms with van der Waals surface area (Å²) in [6, 6.07) is 5.63. The van der Waals surface area contributed by atoms with E-state index in [0.29, 0.717) is 22.9 Å². The van der Waals surface area contributed by atoms with Gasteiger partial charge in [-0.1, -0.05) is 6.92 Å². The average Bonchev–Trinajstić information content (AvgIpc) is 2.86. The number of hydrogen-bond acceptors (Lipinski definition) is 5. The normalized spacial score (nSPS) is 11.0. The summed E-state index contributed by atoms with van der Waals surface area (Å²) in [7, 11) is 1.61. The minimum absolute atomic E-state index is 0.473. The van der Waals surface area contributed by atoms with Crippen LogP contribution in [-0.2, 0) is 6.42 Å². The number of aromatic amines is 1. The summed E-state index contributed by atoms with van der Waals surface area (Å²) in [6.45, 7) is 4.52. The molecule has 0 bridgehead atoms. The molecule has 7 heteroatoms. The molecular weight excluding hydrogens is 288 g/mol. The Bertz CT molecular complexity index is 691. The Hall–Kier alpha value is -2.15. The van der Waals surface area contributed by atoms with Gasteiger partial charge in [-0.2, -0.15) is 14.9 Å². The van der Waals surface area contributed by atoms with Gasteiger partial charge in [-0.25, -0.2) is 0 Å². The smallest absolute Gasteiger partial charge is 0.216 e. The summed E-state index contributed by atoms with van der Waals surface area (Å²) in [5.41, 5.74) is 0.889. The fourth-order valence-electron chi connectivity index (χ4n) is 1.84. The van der Waals surface area contributed by atoms with Crippen LogP contribution in [0.4, 0.5) is 0 Å². The molecule has 0 aliphatic rings. The fraction of sp³-hybridized carbons (Fsp3) is 0.357. The molecule has 0 aliphatic carbocycles. The number of H-pyrrole nitrogens is 1. The molecule has 1 aromatic heterocycles. The topological polar surface area (TPSA) is 64.4 Å². The lowest BCUT2D eigenvalue weighted by Gasteiger charge is -2.09. The predicted molar refractivity (Wildman–Crippen MR) is 83.9 cm³/mol. The van der Waals surface area contributed by atoms with Crippen LogP contribution in [0.25, 0.3) is 0 Å². The number of nitrogens with one attached hydrogen (secondary N) is 1. The van der Waals surface area contributed by atoms with Crippen molar-refractivity contribution in [2.75, 3.05) is 13.7 Å². The number of aromatic nitrogens is 3. The monoisotopic (exact) mass is 306 g/mol. The van der Waals surface area contributed by atoms with Crippen molar-refractivity contribution in [3.05, 3.63) is 34.4 Å². The van der Waals surface area contributed by atoms with E-state index in [1.807, 2.05) is 32.0 Å². The van der Waals surface area contributed by atoms with Crippen LogP contribution in [0.15, 0.2) is 23.3 Å². The maximum atomic E-state index is 5.48. The van der Waals surface area contributed by atoms with E-state index in [2.05, 4.69) is 15.3 Å². The molecule has 0 fully saturated rings. The number of aryl methyl sites for hydroxylation is 1. The van der Waals surface area contributed by atoms with E-state index < -0.39 is 0 Å². The lowest BCUT2D eigenvalue weighted by molar-refractivity contribution is 0.311. The van der Waals surface area contributed by atoms with Gasteiger partial charge in [0.25, 0.3) is 0 Å². The average molecular weight is 306 g/mol. The van der Waals surface area contributed by atoms with Gasteiger partial charge in [0.1, 0.15) is 0 Å². The third kappa shape index (κ3) is 3.49. The molecule has 1 aromatic carbocycles. The van der Waals surface area contributed by atoms with Gasteiger partial charge in [0.2, 0.25) is 4.77 Å². The van der Waals surface area contributed by atoms with Gasteiger partial charge in [0.15, 0.2) is 17.3 Å². The Morgan fingerprint density at radius 3 is 2.86 bits per heavy atom. The fourth-order valence-corrected chi connectivity index (χ4v) is 2.03. The molecule has 2 aromatic rings. The van der Waals surface area contributed by atoms with E-state index in [-0.39, 0.29) is 0 Å². The molecule has 0 radical (unpaired) electrons. The van der Waals surface area contributed by atoms with Gasteiger partial charge in [-0.3, -0.25) is 5.10 Å². The van der Waals surface area contributed by atoms with Crippen molar-refractivity contribution in [3.63, 3.8) is 0 Å². The molecule has 1 N–H and O–H groups in total. The van der Waals surface area contributed by atoms with E-state index in [1.165, 1.54) is 0 Å². The molecule has 1 heterocycles. The van der Waals surface area contributed by atoms with Crippen LogP contribution in [0.1, 0.15) is 25.2 Å². The van der Waals surface area contributed by atoms with Crippen molar-refractivity contribution in [2.45, 2.75) is 20.3 Å². The quantitative estimate of drug-likeness (QED) is 0.658. The highest BCUT2D eigenvalue weighted by Gasteiger charge is 2.05. The first kappa shape index (κ1) is 15.2. The number of nitrogens with zero attached hydrogens (tertiary/aromatic N) is 3. The van der Waals surface area contributed by atoms with Gasteiger partial charge >= 0.3 is 0 Å². The molecule has 0 amide bonds. The zero-order chi connectivity index (χ0) is 15.2. The number of ether oxygens (including phenoxy) is 2. The van der Waals surface area contributed by atoms with E-state index in [0.717, 1.165) is 17.8 Å². The molecule has 6 nitrogen and oxygen atoms in total. The van der Waals surface area contributed by atoms with Gasteiger partial charge < -0.3 is 9.47 Å². The second kappa shape index (κ2) is 7.03. The highest BCUT2D eigenvalue weighted by Crippen LogP contribution is 2.27. The minimum Gasteiger partial charge on any atom is -0.493 e. The Balaban J connectivity index is 2.29. The number of hydrogen-bond donors (Lipinski definition) is 1. The zero-order valence-corrected chi connectivity index (χ0v) is 13.1. The highest BCUT2D eigenvalue weighted by atomic mass is 32.1. The summed E-state index contributed by atoms with van der Waals surface area (Å²) in [5, 5.41) is 11.2. The van der Waals surface area contributed by atoms with Crippen LogP contribution < -0.4 is 9.47 Å². The molecule has 0 saturated heterocycles. The Morgan fingerprint density at radius 2 is 2.19 bits per heavy atom. The molecule has 0 aliphatic heterocycles. The number of rotatable bonds is 6. The van der Waals surface area contributed by atoms with Crippen LogP contribution in [0.5, 0.6) is 11.5 Å². The standard InChI is InChI=1S/C14H18N4O2S/c1-4-13-16-17-14(21)18(13)15-9-10-6-7-11(20-5-2)12(8-10)19-3/h6-9H,4-5H2,1-3H3,(H,17,21)/b15-9+. The van der Waals surface area contributed by atoms with Crippen molar-refractivity contribution in [1.82, 2.24) is 14.9 Å². The van der Waals surface area contributed by atoms with E-state index in [9.17, 15) is 0 Å². The second-order valence-corrected chi connectivity index (χ2v) is 4.58. The van der Waals surface area contributed by atoms with Crippen LogP contribution in [0, 0.1) is 4.77 Å². The van der Waals surface area contributed by atoms with Gasteiger partial charge in [0.05, 0.1) is 19.9 Å². The lowest BCUT2D eigenvalue weighted by Crippen LogP contribution is -1.98. The Labute approximate surface area is 128 Å². The summed E-state index contributed by atoms with van der Waals surface area (Å²) in [5.74, 6) is 2.17. The zero-order valence-electron chi connectivity index (χ0n) is 12.3. The van der Waals surface area contributed by atoms with Crippen molar-refractivity contribution in [3.8, 4) is 11.5 Å². The second-order valence-electron chi connectivity index (χ2n) is 4.20. The van der Waals surface area contributed by atoms with Gasteiger partial charge in [-0.15, -0.1) is 0 Å². The number of benzene rings is 1. The van der Waals surface area contributed by atoms with E-state index in [4.69, 9.17) is 21.7 Å². The van der Waals surface area contributed by atoms with Gasteiger partial charge in [0, 0.05) is 6.42 Å². The first-order valence-corrected chi connectivity index (χ1v) is 7.11. The molecular formula is C14H18N4O2S. The molecule has 0 spiro atoms. The molecule has 0 saturated carbocycles. The summed E-state index contributed by atoms with van der Waals surface area (Å²) < 4.78 is 12.9. The van der Waals surface area contributed by atoms with Crippen LogP contribution >= 0.6 is 12.2 Å². The van der Waals surface area contributed by atoms with Crippen molar-refractivity contribution in [1.29, 1.82) is 0 Å². The molecule has 2 rings (SSSR count). The third-order valence-corrected chi connectivity index (χ3v) is 3.11. The highest BCUT2D eigenvalue weighted by molar-refractivity contribution is 7.71. The van der Waals surface area contributed by atoms with Crippen LogP contribution in [-0.4, -0.2) is 34.8 Å². The SMILES string of the molecule is CCOc1ccc(/C=N/n2c(CC)n[nH]c2=S)cc1OC. The largest absolute Gasteiger partial charge is 0.493 e. The Morgan fingerprint density at radius 1 is 1.38 bits per heavy atom. The van der Waals surface area contributed by atoms with Gasteiger partial charge in [-0.05, 0) is 42.9 Å².